The van der Waals surface area contributed by atoms with E-state index in [-0.39, 0.29) is 0 Å². The molecule has 0 bridgehead atoms. The van der Waals surface area contributed by atoms with Gasteiger partial charge in [-0.15, -0.1) is 0 Å². The minimum Gasteiger partial charge on any atom is -0.223 e. The largest absolute Gasteiger partial charge is 0.457 e. The van der Waals surface area contributed by atoms with Gasteiger partial charge in [-0.25, -0.2) is 4.39 Å². The lowest BCUT2D eigenvalue weighted by Crippen LogP contribution is -2.51. The maximum atomic E-state index is 12.5. The van der Waals surface area contributed by atoms with Gasteiger partial charge in [0.25, 0.3) is 0 Å². The van der Waals surface area contributed by atoms with Crippen LogP contribution >= 0.6 is 31.9 Å². The summed E-state index contributed by atoms with van der Waals surface area (Å²) in [4.78, 5) is 0. The maximum Gasteiger partial charge on any atom is 0.457 e. The number of alkyl halides is 8. The summed E-state index contributed by atoms with van der Waals surface area (Å²) in [7, 11) is 0. The Morgan fingerprint density at radius 3 is 1.33 bits per heavy atom. The van der Waals surface area contributed by atoms with Crippen LogP contribution in [0.3, 0.4) is 0 Å². The third kappa shape index (κ3) is 2.07. The standard InChI is InChI=1S/C4H2Br2F6/c5-1-2(6,7)3(8,9)4(10,11)12/h1H2. The number of halogens is 8. The molecule has 0 aromatic heterocycles. The van der Waals surface area contributed by atoms with Gasteiger partial charge in [0.1, 0.15) is 0 Å². The second-order valence-electron chi connectivity index (χ2n) is 1.91. The van der Waals surface area contributed by atoms with Gasteiger partial charge in [-0.1, -0.05) is 15.9 Å². The molecule has 0 fully saturated rings. The summed E-state index contributed by atoms with van der Waals surface area (Å²) >= 11 is 3.85. The molecule has 0 aliphatic carbocycles. The van der Waals surface area contributed by atoms with E-state index in [1.54, 1.807) is 15.9 Å². The Labute approximate surface area is 80.6 Å². The van der Waals surface area contributed by atoms with Crippen LogP contribution in [-0.4, -0.2) is 22.0 Å². The van der Waals surface area contributed by atoms with E-state index in [0.717, 1.165) is 0 Å². The van der Waals surface area contributed by atoms with Crippen LogP contribution in [0.1, 0.15) is 0 Å². The lowest BCUT2D eigenvalue weighted by Gasteiger charge is -2.28. The fourth-order valence-corrected chi connectivity index (χ4v) is 0.868. The normalized spacial score (nSPS) is 19.0. The summed E-state index contributed by atoms with van der Waals surface area (Å²) in [5, 5.41) is -1.16. The van der Waals surface area contributed by atoms with Gasteiger partial charge >= 0.3 is 12.1 Å². The predicted octanol–water partition coefficient (Wildman–Crippen LogP) is 3.64. The molecule has 8 heteroatoms. The summed E-state index contributed by atoms with van der Waals surface area (Å²) in [6, 6.07) is 0. The molecule has 1 unspecified atom stereocenters. The minimum absolute atomic E-state index is 1.16. The van der Waals surface area contributed by atoms with Gasteiger partial charge in [-0.3, -0.25) is 0 Å². The van der Waals surface area contributed by atoms with Gasteiger partial charge in [-0.2, -0.15) is 22.0 Å². The van der Waals surface area contributed by atoms with E-state index in [9.17, 15) is 26.3 Å². The lowest BCUT2D eigenvalue weighted by atomic mass is 10.2. The van der Waals surface area contributed by atoms with E-state index in [2.05, 4.69) is 15.9 Å². The molecule has 0 saturated carbocycles. The SMILES string of the molecule is FC(F)(F)C(F)(F)C(F)(Br)CBr. The molecule has 0 heterocycles. The Morgan fingerprint density at radius 2 is 1.25 bits per heavy atom. The van der Waals surface area contributed by atoms with Crippen LogP contribution in [0.5, 0.6) is 0 Å². The van der Waals surface area contributed by atoms with E-state index in [1.165, 1.54) is 0 Å². The Morgan fingerprint density at radius 1 is 0.917 bits per heavy atom. The molecule has 0 aromatic carbocycles. The highest BCUT2D eigenvalue weighted by Gasteiger charge is 2.70. The number of hydrogen-bond donors (Lipinski definition) is 0. The third-order valence-corrected chi connectivity index (χ3v) is 3.29. The second kappa shape index (κ2) is 3.36. The van der Waals surface area contributed by atoms with Gasteiger partial charge in [-0.05, 0) is 15.9 Å². The summed E-state index contributed by atoms with van der Waals surface area (Å²) in [5.41, 5.74) is 0. The summed E-state index contributed by atoms with van der Waals surface area (Å²) in [6.45, 7) is 0. The van der Waals surface area contributed by atoms with Crippen molar-refractivity contribution in [2.45, 2.75) is 16.7 Å². The monoisotopic (exact) mass is 322 g/mol. The van der Waals surface area contributed by atoms with Crippen LogP contribution in [0.4, 0.5) is 26.3 Å². The average Bonchev–Trinajstić information content (AvgIpc) is 1.85. The predicted molar refractivity (Wildman–Crippen MR) is 37.6 cm³/mol. The molecule has 0 N–H and O–H groups in total. The number of rotatable bonds is 2. The smallest absolute Gasteiger partial charge is 0.223 e. The first kappa shape index (κ1) is 12.5. The molecule has 0 rings (SSSR count). The van der Waals surface area contributed by atoms with Crippen LogP contribution in [0.15, 0.2) is 0 Å². The van der Waals surface area contributed by atoms with Crippen LogP contribution in [0.25, 0.3) is 0 Å². The molecule has 0 aliphatic rings. The lowest BCUT2D eigenvalue weighted by molar-refractivity contribution is -0.305. The highest BCUT2D eigenvalue weighted by molar-refractivity contribution is 9.12. The quantitative estimate of drug-likeness (QED) is 0.537. The molecule has 12 heavy (non-hydrogen) atoms. The molecule has 0 amide bonds. The highest BCUT2D eigenvalue weighted by atomic mass is 79.9. The average molecular weight is 324 g/mol. The van der Waals surface area contributed by atoms with Crippen LogP contribution in [0, 0.1) is 0 Å². The topological polar surface area (TPSA) is 0 Å². The molecule has 0 saturated heterocycles. The first-order valence-electron chi connectivity index (χ1n) is 2.44. The highest BCUT2D eigenvalue weighted by Crippen LogP contribution is 2.49. The van der Waals surface area contributed by atoms with Crippen molar-refractivity contribution in [2.24, 2.45) is 0 Å². The first-order chi connectivity index (χ1) is 5.06. The molecule has 0 aliphatic heterocycles. The van der Waals surface area contributed by atoms with Crippen molar-refractivity contribution in [1.29, 1.82) is 0 Å². The van der Waals surface area contributed by atoms with Gasteiger partial charge in [0.2, 0.25) is 4.58 Å². The van der Waals surface area contributed by atoms with Gasteiger partial charge in [0, 0.05) is 0 Å². The van der Waals surface area contributed by atoms with Crippen LogP contribution < -0.4 is 0 Å². The Kier molecular flexibility index (Phi) is 3.51. The Bertz CT molecular complexity index is 161. The second-order valence-corrected chi connectivity index (χ2v) is 3.73. The van der Waals surface area contributed by atoms with Crippen molar-refractivity contribution < 1.29 is 26.3 Å². The van der Waals surface area contributed by atoms with Crippen molar-refractivity contribution in [3.63, 3.8) is 0 Å². The molecule has 0 nitrogen and oxygen atoms in total. The van der Waals surface area contributed by atoms with Gasteiger partial charge < -0.3 is 0 Å². The van der Waals surface area contributed by atoms with Crippen molar-refractivity contribution in [3.05, 3.63) is 0 Å². The fourth-order valence-electron chi connectivity index (χ4n) is 0.291. The molecular weight excluding hydrogens is 322 g/mol. The van der Waals surface area contributed by atoms with Gasteiger partial charge in [0.05, 0.1) is 5.33 Å². The van der Waals surface area contributed by atoms with E-state index < -0.39 is 22.0 Å². The molecule has 0 radical (unpaired) electrons. The molecule has 74 valence electrons. The molecule has 0 aromatic rings. The van der Waals surface area contributed by atoms with E-state index in [0.29, 0.717) is 0 Å². The van der Waals surface area contributed by atoms with E-state index in [1.807, 2.05) is 0 Å². The Balaban J connectivity index is 4.85. The zero-order valence-corrected chi connectivity index (χ0v) is 8.40. The van der Waals surface area contributed by atoms with Gasteiger partial charge in [0.15, 0.2) is 0 Å². The van der Waals surface area contributed by atoms with Crippen LogP contribution in [-0.2, 0) is 0 Å². The minimum atomic E-state index is -5.90. The van der Waals surface area contributed by atoms with Crippen molar-refractivity contribution >= 4 is 31.9 Å². The number of hydrogen-bond acceptors (Lipinski definition) is 0. The maximum absolute atomic E-state index is 12.5. The van der Waals surface area contributed by atoms with Crippen LogP contribution in [0.2, 0.25) is 0 Å². The molecule has 1 atom stereocenters. The van der Waals surface area contributed by atoms with Crippen molar-refractivity contribution in [3.8, 4) is 0 Å². The summed E-state index contributed by atoms with van der Waals surface area (Å²) in [6.07, 6.45) is -5.90. The van der Waals surface area contributed by atoms with Crippen molar-refractivity contribution in [2.75, 3.05) is 5.33 Å². The zero-order valence-electron chi connectivity index (χ0n) is 5.23. The molecular formula is C4H2Br2F6. The van der Waals surface area contributed by atoms with E-state index >= 15 is 0 Å². The zero-order chi connectivity index (χ0) is 10.2. The Hall–Kier alpha value is 0.540. The third-order valence-electron chi connectivity index (χ3n) is 0.983. The summed E-state index contributed by atoms with van der Waals surface area (Å²) in [5.74, 6) is -5.41. The summed E-state index contributed by atoms with van der Waals surface area (Å²) < 4.78 is 67.4. The molecule has 0 spiro atoms. The van der Waals surface area contributed by atoms with E-state index in [4.69, 9.17) is 0 Å². The van der Waals surface area contributed by atoms with Crippen molar-refractivity contribution in [1.82, 2.24) is 0 Å². The first-order valence-corrected chi connectivity index (χ1v) is 4.36. The fraction of sp³-hybridized carbons (Fsp3) is 1.00.